The van der Waals surface area contributed by atoms with Gasteiger partial charge in [-0.15, -0.1) is 0 Å². The van der Waals surface area contributed by atoms with Crippen molar-refractivity contribution in [2.24, 2.45) is 0 Å². The fourth-order valence-electron chi connectivity index (χ4n) is 2.52. The number of carbonyl (C=O) groups is 1. The molecule has 2 aromatic heterocycles. The van der Waals surface area contributed by atoms with Crippen LogP contribution in [0.3, 0.4) is 0 Å². The Bertz CT molecular complexity index is 1030. The highest BCUT2D eigenvalue weighted by Gasteiger charge is 2.18. The van der Waals surface area contributed by atoms with E-state index in [9.17, 15) is 9.59 Å². The third kappa shape index (κ3) is 4.29. The fourth-order valence-corrected chi connectivity index (χ4v) is 2.65. The lowest BCUT2D eigenvalue weighted by Gasteiger charge is -2.09. The maximum atomic E-state index is 12.8. The second-order valence-corrected chi connectivity index (χ2v) is 6.37. The lowest BCUT2D eigenvalue weighted by atomic mass is 10.1. The molecular formula is C19H19ClN4O4. The lowest BCUT2D eigenvalue weighted by Crippen LogP contribution is -2.28. The van der Waals surface area contributed by atoms with Gasteiger partial charge in [0.25, 0.3) is 5.56 Å². The van der Waals surface area contributed by atoms with Crippen LogP contribution in [0.2, 0.25) is 5.02 Å². The molecule has 0 N–H and O–H groups in total. The molecule has 0 amide bonds. The maximum absolute atomic E-state index is 12.8. The molecule has 0 aliphatic rings. The number of ether oxygens (including phenoxy) is 2. The summed E-state index contributed by atoms with van der Waals surface area (Å²) < 4.78 is 12.9. The number of hydrogen-bond acceptors (Lipinski definition) is 6. The minimum Gasteiger partial charge on any atom is -0.465 e. The van der Waals surface area contributed by atoms with E-state index in [2.05, 4.69) is 10.2 Å². The van der Waals surface area contributed by atoms with Gasteiger partial charge in [-0.2, -0.15) is 14.9 Å². The predicted octanol–water partition coefficient (Wildman–Crippen LogP) is 2.92. The summed E-state index contributed by atoms with van der Waals surface area (Å²) in [6.07, 6.45) is 3.99. The van der Waals surface area contributed by atoms with Crippen LogP contribution in [0.15, 0.2) is 47.5 Å². The van der Waals surface area contributed by atoms with Crippen LogP contribution in [0.4, 0.5) is 0 Å². The minimum absolute atomic E-state index is 0.127. The van der Waals surface area contributed by atoms with Crippen molar-refractivity contribution in [2.75, 3.05) is 13.7 Å². The summed E-state index contributed by atoms with van der Waals surface area (Å²) in [6, 6.07) is 8.32. The van der Waals surface area contributed by atoms with E-state index in [1.54, 1.807) is 35.1 Å². The molecule has 9 heteroatoms. The fraction of sp³-hybridized carbons (Fsp3) is 0.263. The molecule has 0 saturated carbocycles. The van der Waals surface area contributed by atoms with Crippen molar-refractivity contribution >= 4 is 17.6 Å². The smallest absolute Gasteiger partial charge is 0.343 e. The average molecular weight is 403 g/mol. The van der Waals surface area contributed by atoms with Gasteiger partial charge in [-0.1, -0.05) is 30.7 Å². The van der Waals surface area contributed by atoms with Gasteiger partial charge in [0.1, 0.15) is 18.0 Å². The van der Waals surface area contributed by atoms with Crippen LogP contribution < -0.4 is 5.56 Å². The average Bonchev–Trinajstić information content (AvgIpc) is 3.17. The first-order valence-electron chi connectivity index (χ1n) is 8.62. The SMILES string of the molecule is CCCOCn1cc(-n2nc(-c3ccc(Cl)cc3)cc(C(=O)OC)c2=O)cn1. The van der Waals surface area contributed by atoms with E-state index in [-0.39, 0.29) is 12.3 Å². The Morgan fingerprint density at radius 3 is 2.68 bits per heavy atom. The van der Waals surface area contributed by atoms with E-state index >= 15 is 0 Å². The Morgan fingerprint density at radius 1 is 1.25 bits per heavy atom. The summed E-state index contributed by atoms with van der Waals surface area (Å²) in [5.41, 5.74) is 0.802. The van der Waals surface area contributed by atoms with Crippen molar-refractivity contribution in [3.8, 4) is 16.9 Å². The highest BCUT2D eigenvalue weighted by atomic mass is 35.5. The minimum atomic E-state index is -0.741. The van der Waals surface area contributed by atoms with E-state index in [0.29, 0.717) is 28.6 Å². The Hall–Kier alpha value is -2.97. The van der Waals surface area contributed by atoms with Gasteiger partial charge in [0.05, 0.1) is 25.2 Å². The van der Waals surface area contributed by atoms with Crippen molar-refractivity contribution in [3.05, 3.63) is 63.7 Å². The second kappa shape index (κ2) is 8.81. The third-order valence-electron chi connectivity index (χ3n) is 3.89. The molecule has 3 rings (SSSR count). The Labute approximate surface area is 166 Å². The lowest BCUT2D eigenvalue weighted by molar-refractivity contribution is 0.0598. The quantitative estimate of drug-likeness (QED) is 0.446. The number of halogens is 1. The summed E-state index contributed by atoms with van der Waals surface area (Å²) in [5.74, 6) is -0.741. The summed E-state index contributed by atoms with van der Waals surface area (Å²) in [6.45, 7) is 2.86. The van der Waals surface area contributed by atoms with Crippen LogP contribution in [0.25, 0.3) is 16.9 Å². The zero-order valence-corrected chi connectivity index (χ0v) is 16.2. The molecule has 0 atom stereocenters. The third-order valence-corrected chi connectivity index (χ3v) is 4.15. The van der Waals surface area contributed by atoms with Gasteiger partial charge < -0.3 is 9.47 Å². The van der Waals surface area contributed by atoms with Crippen LogP contribution >= 0.6 is 11.6 Å². The number of aromatic nitrogens is 4. The molecule has 146 valence electrons. The first-order chi connectivity index (χ1) is 13.5. The van der Waals surface area contributed by atoms with E-state index in [4.69, 9.17) is 21.1 Å². The largest absolute Gasteiger partial charge is 0.465 e. The Balaban J connectivity index is 2.07. The van der Waals surface area contributed by atoms with Gasteiger partial charge in [0.2, 0.25) is 0 Å². The summed E-state index contributed by atoms with van der Waals surface area (Å²) in [4.78, 5) is 24.9. The molecule has 0 unspecified atom stereocenters. The number of benzene rings is 1. The van der Waals surface area contributed by atoms with Crippen molar-refractivity contribution < 1.29 is 14.3 Å². The molecule has 28 heavy (non-hydrogen) atoms. The van der Waals surface area contributed by atoms with Crippen molar-refractivity contribution in [3.63, 3.8) is 0 Å². The van der Waals surface area contributed by atoms with Gasteiger partial charge in [0, 0.05) is 17.2 Å². The molecule has 0 radical (unpaired) electrons. The highest BCUT2D eigenvalue weighted by Crippen LogP contribution is 2.20. The Morgan fingerprint density at radius 2 is 2.00 bits per heavy atom. The second-order valence-electron chi connectivity index (χ2n) is 5.93. The van der Waals surface area contributed by atoms with E-state index in [0.717, 1.165) is 11.1 Å². The molecule has 0 bridgehead atoms. The van der Waals surface area contributed by atoms with Crippen LogP contribution in [-0.4, -0.2) is 39.2 Å². The maximum Gasteiger partial charge on any atom is 0.343 e. The molecule has 0 aliphatic carbocycles. The molecule has 0 saturated heterocycles. The Kier molecular flexibility index (Phi) is 6.23. The van der Waals surface area contributed by atoms with Gasteiger partial charge in [-0.05, 0) is 24.6 Å². The standard InChI is InChI=1S/C19H19ClN4O4/c1-3-8-28-12-23-11-15(10-21-23)24-18(25)16(19(26)27-2)9-17(22-24)13-4-6-14(20)7-5-13/h4-7,9-11H,3,8,12H2,1-2H3. The molecule has 0 fully saturated rings. The number of rotatable bonds is 7. The molecular weight excluding hydrogens is 384 g/mol. The zero-order chi connectivity index (χ0) is 20.1. The summed E-state index contributed by atoms with van der Waals surface area (Å²) >= 11 is 5.94. The topological polar surface area (TPSA) is 88.2 Å². The number of nitrogens with zero attached hydrogens (tertiary/aromatic N) is 4. The van der Waals surface area contributed by atoms with Crippen molar-refractivity contribution in [1.29, 1.82) is 0 Å². The molecule has 0 aliphatic heterocycles. The normalized spacial score (nSPS) is 10.8. The van der Waals surface area contributed by atoms with Gasteiger partial charge in [-0.25, -0.2) is 9.48 Å². The van der Waals surface area contributed by atoms with Crippen LogP contribution in [0, 0.1) is 0 Å². The number of methoxy groups -OCH3 is 1. The summed E-state index contributed by atoms with van der Waals surface area (Å²) in [7, 11) is 1.22. The van der Waals surface area contributed by atoms with Crippen LogP contribution in [0.1, 0.15) is 23.7 Å². The van der Waals surface area contributed by atoms with Gasteiger partial charge in [-0.3, -0.25) is 4.79 Å². The molecule has 8 nitrogen and oxygen atoms in total. The van der Waals surface area contributed by atoms with E-state index in [1.165, 1.54) is 19.4 Å². The first-order valence-corrected chi connectivity index (χ1v) is 9.00. The van der Waals surface area contributed by atoms with Crippen molar-refractivity contribution in [1.82, 2.24) is 19.6 Å². The monoisotopic (exact) mass is 402 g/mol. The molecule has 0 spiro atoms. The number of hydrogen-bond donors (Lipinski definition) is 0. The number of carbonyl (C=O) groups excluding carboxylic acids is 1. The molecule has 2 heterocycles. The van der Waals surface area contributed by atoms with Crippen molar-refractivity contribution in [2.45, 2.75) is 20.1 Å². The van der Waals surface area contributed by atoms with E-state index < -0.39 is 11.5 Å². The van der Waals surface area contributed by atoms with Crippen LogP contribution in [0.5, 0.6) is 0 Å². The molecule has 1 aromatic carbocycles. The first kappa shape index (κ1) is 19.8. The summed E-state index contributed by atoms with van der Waals surface area (Å²) in [5, 5.41) is 9.13. The zero-order valence-electron chi connectivity index (χ0n) is 15.5. The van der Waals surface area contributed by atoms with Crippen LogP contribution in [-0.2, 0) is 16.2 Å². The van der Waals surface area contributed by atoms with E-state index in [1.807, 2.05) is 6.92 Å². The number of esters is 1. The van der Waals surface area contributed by atoms with Gasteiger partial charge in [0.15, 0.2) is 0 Å². The highest BCUT2D eigenvalue weighted by molar-refractivity contribution is 6.30. The molecule has 3 aromatic rings. The van der Waals surface area contributed by atoms with Gasteiger partial charge >= 0.3 is 5.97 Å². The predicted molar refractivity (Wildman–Crippen MR) is 104 cm³/mol.